The van der Waals surface area contributed by atoms with Crippen LogP contribution in [0, 0.1) is 0 Å². The highest BCUT2D eigenvalue weighted by molar-refractivity contribution is 5.27. The highest BCUT2D eigenvalue weighted by Gasteiger charge is 2.15. The van der Waals surface area contributed by atoms with Gasteiger partial charge in [0.05, 0.1) is 18.9 Å². The van der Waals surface area contributed by atoms with Gasteiger partial charge in [-0.3, -0.25) is 0 Å². The molecule has 0 aromatic rings. The maximum absolute atomic E-state index is 5.54. The van der Waals surface area contributed by atoms with Crippen molar-refractivity contribution in [3.63, 3.8) is 0 Å². The summed E-state index contributed by atoms with van der Waals surface area (Å²) < 4.78 is 5.36. The smallest absolute Gasteiger partial charge is 0.142 e. The Bertz CT molecular complexity index is 221. The first kappa shape index (κ1) is 8.87. The predicted octanol–water partition coefficient (Wildman–Crippen LogP) is 0.818. The largest absolute Gasteiger partial charge is 0.490 e. The summed E-state index contributed by atoms with van der Waals surface area (Å²) >= 11 is 0. The van der Waals surface area contributed by atoms with E-state index in [4.69, 9.17) is 10.5 Å². The average molecular weight is 166 g/mol. The molecule has 2 N–H and O–H groups in total. The Labute approximate surface area is 72.8 Å². The average Bonchev–Trinajstić information content (AvgIpc) is 2.16. The van der Waals surface area contributed by atoms with E-state index in [0.717, 1.165) is 18.0 Å². The number of ether oxygens (including phenoxy) is 1. The van der Waals surface area contributed by atoms with E-state index in [2.05, 4.69) is 13.2 Å². The summed E-state index contributed by atoms with van der Waals surface area (Å²) in [5.41, 5.74) is 6.47. The molecule has 3 heteroatoms. The summed E-state index contributed by atoms with van der Waals surface area (Å²) in [6.07, 6.45) is 3.42. The van der Waals surface area contributed by atoms with Gasteiger partial charge in [0, 0.05) is 0 Å². The van der Waals surface area contributed by atoms with E-state index < -0.39 is 0 Å². The lowest BCUT2D eigenvalue weighted by Crippen LogP contribution is -2.35. The fourth-order valence-electron chi connectivity index (χ4n) is 1.20. The SMILES string of the molecule is C=CC1=C(C=C)N(CN)CCO1. The van der Waals surface area contributed by atoms with Gasteiger partial charge in [0.25, 0.3) is 0 Å². The zero-order valence-corrected chi connectivity index (χ0v) is 7.12. The van der Waals surface area contributed by atoms with E-state index in [9.17, 15) is 0 Å². The summed E-state index contributed by atoms with van der Waals surface area (Å²) in [6.45, 7) is 9.32. The summed E-state index contributed by atoms with van der Waals surface area (Å²) in [5, 5.41) is 0. The van der Waals surface area contributed by atoms with E-state index in [-0.39, 0.29) is 0 Å². The molecule has 0 unspecified atom stereocenters. The van der Waals surface area contributed by atoms with Crippen LogP contribution in [0.25, 0.3) is 0 Å². The van der Waals surface area contributed by atoms with Crippen LogP contribution in [0.3, 0.4) is 0 Å². The summed E-state index contributed by atoms with van der Waals surface area (Å²) in [6, 6.07) is 0. The molecule has 3 nitrogen and oxygen atoms in total. The molecular formula is C9H14N2O. The molecule has 0 spiro atoms. The van der Waals surface area contributed by atoms with Gasteiger partial charge in [0.2, 0.25) is 0 Å². The summed E-state index contributed by atoms with van der Waals surface area (Å²) in [7, 11) is 0. The Hall–Kier alpha value is -1.22. The molecule has 1 heterocycles. The van der Waals surface area contributed by atoms with E-state index in [1.165, 1.54) is 0 Å². The first-order valence-corrected chi connectivity index (χ1v) is 3.90. The Morgan fingerprint density at radius 3 is 2.75 bits per heavy atom. The van der Waals surface area contributed by atoms with Gasteiger partial charge >= 0.3 is 0 Å². The summed E-state index contributed by atoms with van der Waals surface area (Å²) in [5.74, 6) is 0.765. The molecule has 0 aromatic carbocycles. The lowest BCUT2D eigenvalue weighted by molar-refractivity contribution is 0.145. The van der Waals surface area contributed by atoms with Gasteiger partial charge in [-0.1, -0.05) is 13.2 Å². The van der Waals surface area contributed by atoms with Crippen LogP contribution < -0.4 is 5.73 Å². The third kappa shape index (κ3) is 1.51. The first-order chi connectivity index (χ1) is 5.83. The van der Waals surface area contributed by atoms with Crippen molar-refractivity contribution in [2.75, 3.05) is 19.8 Å². The minimum Gasteiger partial charge on any atom is -0.490 e. The highest BCUT2D eigenvalue weighted by atomic mass is 16.5. The molecular weight excluding hydrogens is 152 g/mol. The number of hydrogen-bond acceptors (Lipinski definition) is 3. The molecule has 1 aliphatic heterocycles. The van der Waals surface area contributed by atoms with Gasteiger partial charge in [-0.05, 0) is 12.2 Å². The van der Waals surface area contributed by atoms with Crippen LogP contribution in [0.15, 0.2) is 36.8 Å². The van der Waals surface area contributed by atoms with Crippen molar-refractivity contribution >= 4 is 0 Å². The topological polar surface area (TPSA) is 38.5 Å². The number of nitrogens with zero attached hydrogens (tertiary/aromatic N) is 1. The first-order valence-electron chi connectivity index (χ1n) is 3.90. The molecule has 0 aliphatic carbocycles. The lowest BCUT2D eigenvalue weighted by atomic mass is 10.2. The second-order valence-corrected chi connectivity index (χ2v) is 2.45. The molecule has 0 saturated heterocycles. The molecule has 0 bridgehead atoms. The lowest BCUT2D eigenvalue weighted by Gasteiger charge is -2.29. The Morgan fingerprint density at radius 2 is 2.25 bits per heavy atom. The molecule has 12 heavy (non-hydrogen) atoms. The van der Waals surface area contributed by atoms with E-state index in [1.54, 1.807) is 12.2 Å². The number of rotatable bonds is 3. The van der Waals surface area contributed by atoms with Crippen molar-refractivity contribution in [1.82, 2.24) is 4.90 Å². The normalized spacial score (nSPS) is 17.2. The molecule has 1 aliphatic rings. The molecule has 66 valence electrons. The molecule has 1 rings (SSSR count). The minimum atomic E-state index is 0.488. The van der Waals surface area contributed by atoms with Gasteiger partial charge in [-0.2, -0.15) is 0 Å². The van der Waals surface area contributed by atoms with Crippen LogP contribution in [0.1, 0.15) is 0 Å². The molecule has 0 amide bonds. The fraction of sp³-hybridized carbons (Fsp3) is 0.333. The van der Waals surface area contributed by atoms with E-state index in [1.807, 2.05) is 4.90 Å². The highest BCUT2D eigenvalue weighted by Crippen LogP contribution is 2.17. The summed E-state index contributed by atoms with van der Waals surface area (Å²) in [4.78, 5) is 2.01. The van der Waals surface area contributed by atoms with Crippen LogP contribution in [0.5, 0.6) is 0 Å². The number of allylic oxidation sites excluding steroid dienone is 2. The second-order valence-electron chi connectivity index (χ2n) is 2.45. The standard InChI is InChI=1S/C9H14N2O/c1-3-8-9(4-2)12-6-5-11(8)7-10/h3-4H,1-2,5-7,10H2. The Balaban J connectivity index is 2.92. The molecule has 0 radical (unpaired) electrons. The zero-order valence-electron chi connectivity index (χ0n) is 7.12. The quantitative estimate of drug-likeness (QED) is 0.674. The van der Waals surface area contributed by atoms with Crippen LogP contribution in [0.2, 0.25) is 0 Å². The van der Waals surface area contributed by atoms with Crippen LogP contribution >= 0.6 is 0 Å². The minimum absolute atomic E-state index is 0.488. The Kier molecular flexibility index (Phi) is 2.94. The number of hydrogen-bond donors (Lipinski definition) is 1. The molecule has 0 fully saturated rings. The van der Waals surface area contributed by atoms with Crippen LogP contribution in [-0.2, 0) is 4.74 Å². The maximum atomic E-state index is 5.54. The maximum Gasteiger partial charge on any atom is 0.142 e. The van der Waals surface area contributed by atoms with Crippen LogP contribution in [-0.4, -0.2) is 24.7 Å². The fourth-order valence-corrected chi connectivity index (χ4v) is 1.20. The molecule has 0 atom stereocenters. The van der Waals surface area contributed by atoms with Crippen molar-refractivity contribution in [1.29, 1.82) is 0 Å². The third-order valence-corrected chi connectivity index (χ3v) is 1.81. The van der Waals surface area contributed by atoms with Crippen molar-refractivity contribution < 1.29 is 4.74 Å². The van der Waals surface area contributed by atoms with Crippen molar-refractivity contribution in [3.05, 3.63) is 36.8 Å². The predicted molar refractivity (Wildman–Crippen MR) is 49.1 cm³/mol. The van der Waals surface area contributed by atoms with Gasteiger partial charge in [0.15, 0.2) is 0 Å². The molecule has 0 saturated carbocycles. The van der Waals surface area contributed by atoms with Gasteiger partial charge in [0.1, 0.15) is 12.4 Å². The van der Waals surface area contributed by atoms with Gasteiger partial charge in [-0.25, -0.2) is 0 Å². The van der Waals surface area contributed by atoms with Gasteiger partial charge < -0.3 is 15.4 Å². The van der Waals surface area contributed by atoms with E-state index >= 15 is 0 Å². The van der Waals surface area contributed by atoms with E-state index in [0.29, 0.717) is 13.3 Å². The van der Waals surface area contributed by atoms with Gasteiger partial charge in [-0.15, -0.1) is 0 Å². The van der Waals surface area contributed by atoms with Crippen molar-refractivity contribution in [2.45, 2.75) is 0 Å². The monoisotopic (exact) mass is 166 g/mol. The van der Waals surface area contributed by atoms with Crippen molar-refractivity contribution in [2.24, 2.45) is 5.73 Å². The van der Waals surface area contributed by atoms with Crippen molar-refractivity contribution in [3.8, 4) is 0 Å². The second kappa shape index (κ2) is 3.97. The Morgan fingerprint density at radius 1 is 1.50 bits per heavy atom. The van der Waals surface area contributed by atoms with Crippen LogP contribution in [0.4, 0.5) is 0 Å². The molecule has 0 aromatic heterocycles. The third-order valence-electron chi connectivity index (χ3n) is 1.81. The zero-order chi connectivity index (χ0) is 8.97. The number of nitrogens with two attached hydrogens (primary N) is 1.